The largest absolute Gasteiger partial charge is 0.413 e. The second-order valence-corrected chi connectivity index (χ2v) is 9.38. The Kier molecular flexibility index (Phi) is 3.88. The Hall–Kier alpha value is -0.863. The zero-order valence-corrected chi connectivity index (χ0v) is 11.1. The number of benzene rings is 1. The van der Waals surface area contributed by atoms with Gasteiger partial charge in [-0.1, -0.05) is 36.4 Å². The van der Waals surface area contributed by atoms with Crippen LogP contribution in [0.2, 0.25) is 19.6 Å². The molecule has 1 aromatic carbocycles. The standard InChI is InChI=1S/C13H20OSi/c1-11-6-8-13(9-7-11)12(2)10-14-15(3,4)5/h6-9H,2,10H2,1,3-5H3. The van der Waals surface area contributed by atoms with Crippen LogP contribution in [0.4, 0.5) is 0 Å². The van der Waals surface area contributed by atoms with Crippen LogP contribution >= 0.6 is 0 Å². The summed E-state index contributed by atoms with van der Waals surface area (Å²) >= 11 is 0. The second kappa shape index (κ2) is 4.77. The van der Waals surface area contributed by atoms with Crippen molar-refractivity contribution in [2.45, 2.75) is 26.6 Å². The minimum absolute atomic E-state index is 0.652. The van der Waals surface area contributed by atoms with Gasteiger partial charge in [0.15, 0.2) is 8.32 Å². The van der Waals surface area contributed by atoms with Crippen molar-refractivity contribution in [2.75, 3.05) is 6.61 Å². The maximum Gasteiger partial charge on any atom is 0.184 e. The fraction of sp³-hybridized carbons (Fsp3) is 0.385. The summed E-state index contributed by atoms with van der Waals surface area (Å²) in [7, 11) is -1.42. The molecule has 0 aromatic heterocycles. The Balaban J connectivity index is 2.58. The summed E-state index contributed by atoms with van der Waals surface area (Å²) in [6, 6.07) is 8.42. The molecule has 0 amide bonds. The highest BCUT2D eigenvalue weighted by Gasteiger charge is 2.14. The molecule has 82 valence electrons. The number of hydrogen-bond donors (Lipinski definition) is 0. The summed E-state index contributed by atoms with van der Waals surface area (Å²) in [5.41, 5.74) is 3.52. The number of aryl methyl sites for hydroxylation is 1. The van der Waals surface area contributed by atoms with Gasteiger partial charge < -0.3 is 4.43 Å². The number of rotatable bonds is 4. The monoisotopic (exact) mass is 220 g/mol. The molecule has 15 heavy (non-hydrogen) atoms. The third-order valence-electron chi connectivity index (χ3n) is 2.14. The van der Waals surface area contributed by atoms with E-state index in [1.807, 2.05) is 0 Å². The predicted octanol–water partition coefficient (Wildman–Crippen LogP) is 3.86. The Morgan fingerprint density at radius 3 is 2.20 bits per heavy atom. The topological polar surface area (TPSA) is 9.23 Å². The third-order valence-corrected chi connectivity index (χ3v) is 3.15. The zero-order chi connectivity index (χ0) is 11.5. The van der Waals surface area contributed by atoms with Crippen molar-refractivity contribution in [3.63, 3.8) is 0 Å². The maximum atomic E-state index is 5.82. The molecule has 1 aromatic rings. The van der Waals surface area contributed by atoms with Gasteiger partial charge in [-0.25, -0.2) is 0 Å². The van der Waals surface area contributed by atoms with Gasteiger partial charge in [-0.3, -0.25) is 0 Å². The third kappa shape index (κ3) is 4.45. The van der Waals surface area contributed by atoms with E-state index in [2.05, 4.69) is 57.4 Å². The molecule has 0 bridgehead atoms. The molecule has 0 fully saturated rings. The molecule has 0 N–H and O–H groups in total. The fourth-order valence-electron chi connectivity index (χ4n) is 1.18. The lowest BCUT2D eigenvalue weighted by molar-refractivity contribution is 0.365. The molecule has 1 nitrogen and oxygen atoms in total. The van der Waals surface area contributed by atoms with Gasteiger partial charge >= 0.3 is 0 Å². The van der Waals surface area contributed by atoms with E-state index in [4.69, 9.17) is 4.43 Å². The summed E-state index contributed by atoms with van der Waals surface area (Å²) < 4.78 is 5.82. The minimum atomic E-state index is -1.42. The second-order valence-electron chi connectivity index (χ2n) is 4.87. The first-order valence-corrected chi connectivity index (χ1v) is 8.68. The van der Waals surface area contributed by atoms with Gasteiger partial charge in [0.2, 0.25) is 0 Å². The minimum Gasteiger partial charge on any atom is -0.413 e. The van der Waals surface area contributed by atoms with Crippen molar-refractivity contribution in [1.82, 2.24) is 0 Å². The lowest BCUT2D eigenvalue weighted by Gasteiger charge is -2.18. The van der Waals surface area contributed by atoms with Crippen LogP contribution in [0.1, 0.15) is 11.1 Å². The van der Waals surface area contributed by atoms with E-state index in [0.717, 1.165) is 5.57 Å². The fourth-order valence-corrected chi connectivity index (χ4v) is 1.78. The summed E-state index contributed by atoms with van der Waals surface area (Å²) in [5.74, 6) is 0. The van der Waals surface area contributed by atoms with E-state index in [-0.39, 0.29) is 0 Å². The van der Waals surface area contributed by atoms with Crippen molar-refractivity contribution in [3.05, 3.63) is 42.0 Å². The van der Waals surface area contributed by atoms with Crippen LogP contribution in [0.5, 0.6) is 0 Å². The van der Waals surface area contributed by atoms with Crippen LogP contribution in [0, 0.1) is 6.92 Å². The van der Waals surface area contributed by atoms with Gasteiger partial charge in [-0.2, -0.15) is 0 Å². The van der Waals surface area contributed by atoms with Crippen molar-refractivity contribution >= 4 is 13.9 Å². The summed E-state index contributed by atoms with van der Waals surface area (Å²) in [5, 5.41) is 0. The summed E-state index contributed by atoms with van der Waals surface area (Å²) in [6.07, 6.45) is 0. The van der Waals surface area contributed by atoms with Crippen LogP contribution in [0.15, 0.2) is 30.8 Å². The summed E-state index contributed by atoms with van der Waals surface area (Å²) in [4.78, 5) is 0. The molecule has 0 saturated carbocycles. The average molecular weight is 220 g/mol. The molecule has 0 atom stereocenters. The van der Waals surface area contributed by atoms with E-state index in [1.54, 1.807) is 0 Å². The summed E-state index contributed by atoms with van der Waals surface area (Å²) in [6.45, 7) is 13.4. The highest BCUT2D eigenvalue weighted by atomic mass is 28.4. The van der Waals surface area contributed by atoms with E-state index >= 15 is 0 Å². The molecule has 0 radical (unpaired) electrons. The Labute approximate surface area is 93.9 Å². The molecule has 1 rings (SSSR count). The highest BCUT2D eigenvalue weighted by molar-refractivity contribution is 6.69. The molecule has 2 heteroatoms. The molecule has 0 aliphatic rings. The zero-order valence-electron chi connectivity index (χ0n) is 10.1. The van der Waals surface area contributed by atoms with Crippen molar-refractivity contribution < 1.29 is 4.43 Å². The molecular weight excluding hydrogens is 200 g/mol. The van der Waals surface area contributed by atoms with E-state index in [1.165, 1.54) is 11.1 Å². The normalized spacial score (nSPS) is 11.5. The molecule has 0 aliphatic carbocycles. The quantitative estimate of drug-likeness (QED) is 0.700. The highest BCUT2D eigenvalue weighted by Crippen LogP contribution is 2.15. The lowest BCUT2D eigenvalue weighted by atomic mass is 10.1. The lowest BCUT2D eigenvalue weighted by Crippen LogP contribution is -2.26. The predicted molar refractivity (Wildman–Crippen MR) is 69.5 cm³/mol. The smallest absolute Gasteiger partial charge is 0.184 e. The molecule has 0 aliphatic heterocycles. The van der Waals surface area contributed by atoms with Crippen LogP contribution < -0.4 is 0 Å². The van der Waals surface area contributed by atoms with Crippen LogP contribution in [0.25, 0.3) is 5.57 Å². The van der Waals surface area contributed by atoms with Gasteiger partial charge in [-0.05, 0) is 37.7 Å². The Morgan fingerprint density at radius 1 is 1.20 bits per heavy atom. The van der Waals surface area contributed by atoms with Crippen LogP contribution in [0.3, 0.4) is 0 Å². The van der Waals surface area contributed by atoms with E-state index in [0.29, 0.717) is 6.61 Å². The first kappa shape index (κ1) is 12.2. The van der Waals surface area contributed by atoms with Gasteiger partial charge in [0, 0.05) is 0 Å². The van der Waals surface area contributed by atoms with E-state index < -0.39 is 8.32 Å². The van der Waals surface area contributed by atoms with Crippen molar-refractivity contribution in [3.8, 4) is 0 Å². The number of hydrogen-bond acceptors (Lipinski definition) is 1. The van der Waals surface area contributed by atoms with Crippen molar-refractivity contribution in [2.24, 2.45) is 0 Å². The average Bonchev–Trinajstić information content (AvgIpc) is 2.14. The molecule has 0 saturated heterocycles. The van der Waals surface area contributed by atoms with Crippen molar-refractivity contribution in [1.29, 1.82) is 0 Å². The first-order chi connectivity index (χ1) is 6.88. The van der Waals surface area contributed by atoms with Crippen LogP contribution in [-0.2, 0) is 4.43 Å². The van der Waals surface area contributed by atoms with Gasteiger partial charge in [-0.15, -0.1) is 0 Å². The first-order valence-electron chi connectivity index (χ1n) is 5.27. The molecule has 0 heterocycles. The van der Waals surface area contributed by atoms with Gasteiger partial charge in [0.05, 0.1) is 6.61 Å². The maximum absolute atomic E-state index is 5.82. The Morgan fingerprint density at radius 2 is 1.73 bits per heavy atom. The van der Waals surface area contributed by atoms with Gasteiger partial charge in [0.1, 0.15) is 0 Å². The van der Waals surface area contributed by atoms with E-state index in [9.17, 15) is 0 Å². The van der Waals surface area contributed by atoms with Gasteiger partial charge in [0.25, 0.3) is 0 Å². The molecule has 0 unspecified atom stereocenters. The SMILES string of the molecule is C=C(CO[Si](C)(C)C)c1ccc(C)cc1. The molecular formula is C13H20OSi. The van der Waals surface area contributed by atoms with Crippen LogP contribution in [-0.4, -0.2) is 14.9 Å². The Bertz CT molecular complexity index is 333. The molecule has 0 spiro atoms.